The number of carbonyl (C=O) groups excluding carboxylic acids is 2. The summed E-state index contributed by atoms with van der Waals surface area (Å²) in [4.78, 5) is 28.4. The van der Waals surface area contributed by atoms with E-state index in [2.05, 4.69) is 15.6 Å². The first-order chi connectivity index (χ1) is 9.31. The molecule has 1 heterocycles. The molecule has 112 valence electrons. The lowest BCUT2D eigenvalue weighted by molar-refractivity contribution is -0.128. The Morgan fingerprint density at radius 3 is 2.60 bits per heavy atom. The second-order valence-electron chi connectivity index (χ2n) is 4.96. The van der Waals surface area contributed by atoms with Gasteiger partial charge >= 0.3 is 5.97 Å². The van der Waals surface area contributed by atoms with E-state index in [0.29, 0.717) is 24.0 Å². The van der Waals surface area contributed by atoms with Gasteiger partial charge in [0, 0.05) is 18.5 Å². The molecule has 6 nitrogen and oxygen atoms in total. The van der Waals surface area contributed by atoms with Crippen LogP contribution in [0.25, 0.3) is 0 Å². The van der Waals surface area contributed by atoms with Crippen LogP contribution in [0.5, 0.6) is 0 Å². The minimum atomic E-state index is -0.557. The number of nitrogens with one attached hydrogen (secondary N) is 2. The molecule has 0 aliphatic heterocycles. The number of esters is 1. The molecule has 1 aromatic rings. The Morgan fingerprint density at radius 2 is 2.05 bits per heavy atom. The highest BCUT2D eigenvalue weighted by atomic mass is 32.1. The molecule has 7 heteroatoms. The van der Waals surface area contributed by atoms with Gasteiger partial charge in [0.05, 0.1) is 12.0 Å². The molecule has 0 aliphatic carbocycles. The Bertz CT molecular complexity index is 497. The fourth-order valence-corrected chi connectivity index (χ4v) is 2.37. The number of ether oxygens (including phenoxy) is 1. The van der Waals surface area contributed by atoms with Crippen molar-refractivity contribution in [3.05, 3.63) is 10.6 Å². The second-order valence-corrected chi connectivity index (χ2v) is 6.16. The Balaban J connectivity index is 2.73. The van der Waals surface area contributed by atoms with Crippen molar-refractivity contribution in [3.63, 3.8) is 0 Å². The smallest absolute Gasteiger partial charge is 0.358 e. The summed E-state index contributed by atoms with van der Waals surface area (Å²) in [6.07, 6.45) is 0. The summed E-state index contributed by atoms with van der Waals surface area (Å²) in [5.41, 5.74) is -0.226. The van der Waals surface area contributed by atoms with E-state index in [4.69, 9.17) is 4.74 Å². The van der Waals surface area contributed by atoms with Crippen molar-refractivity contribution in [1.82, 2.24) is 10.3 Å². The van der Waals surface area contributed by atoms with E-state index in [1.165, 1.54) is 11.3 Å². The van der Waals surface area contributed by atoms with Crippen LogP contribution >= 0.6 is 11.3 Å². The number of carbonyl (C=O) groups is 2. The average molecular weight is 299 g/mol. The summed E-state index contributed by atoms with van der Waals surface area (Å²) in [5.74, 6) is -0.469. The van der Waals surface area contributed by atoms with E-state index in [1.54, 1.807) is 14.0 Å². The second kappa shape index (κ2) is 6.69. The summed E-state index contributed by atoms with van der Waals surface area (Å²) in [7, 11) is 1.61. The number of amides is 1. The maximum absolute atomic E-state index is 11.7. The summed E-state index contributed by atoms with van der Waals surface area (Å²) in [5, 5.41) is 6.33. The van der Waals surface area contributed by atoms with Crippen molar-refractivity contribution in [2.75, 3.05) is 25.5 Å². The normalized spacial score (nSPS) is 11.1. The topological polar surface area (TPSA) is 80.3 Å². The summed E-state index contributed by atoms with van der Waals surface area (Å²) >= 11 is 1.37. The third-order valence-corrected chi connectivity index (χ3v) is 3.72. The van der Waals surface area contributed by atoms with Crippen molar-refractivity contribution < 1.29 is 14.3 Å². The van der Waals surface area contributed by atoms with Gasteiger partial charge in [0.2, 0.25) is 5.91 Å². The first kappa shape index (κ1) is 16.4. The number of aromatic nitrogens is 1. The Morgan fingerprint density at radius 1 is 1.40 bits per heavy atom. The van der Waals surface area contributed by atoms with Gasteiger partial charge in [-0.05, 0) is 27.7 Å². The lowest BCUT2D eigenvalue weighted by Gasteiger charge is -2.22. The molecule has 0 aromatic carbocycles. The van der Waals surface area contributed by atoms with Crippen LogP contribution in [0, 0.1) is 12.3 Å². The van der Waals surface area contributed by atoms with Crippen LogP contribution in [0.4, 0.5) is 5.13 Å². The third kappa shape index (κ3) is 3.93. The zero-order chi connectivity index (χ0) is 15.3. The van der Waals surface area contributed by atoms with Gasteiger partial charge < -0.3 is 15.4 Å². The molecule has 0 aliphatic rings. The van der Waals surface area contributed by atoms with Gasteiger partial charge in [-0.25, -0.2) is 9.78 Å². The molecule has 2 N–H and O–H groups in total. The fourth-order valence-electron chi connectivity index (χ4n) is 1.58. The Kier molecular flexibility index (Phi) is 5.50. The molecular weight excluding hydrogens is 278 g/mol. The first-order valence-corrected chi connectivity index (χ1v) is 7.24. The van der Waals surface area contributed by atoms with Gasteiger partial charge in [-0.1, -0.05) is 0 Å². The van der Waals surface area contributed by atoms with Gasteiger partial charge in [0.15, 0.2) is 10.8 Å². The lowest BCUT2D eigenvalue weighted by Crippen LogP contribution is -2.39. The number of thiazole rings is 1. The first-order valence-electron chi connectivity index (χ1n) is 6.42. The van der Waals surface area contributed by atoms with E-state index < -0.39 is 11.4 Å². The molecule has 0 spiro atoms. The minimum Gasteiger partial charge on any atom is -0.461 e. The van der Waals surface area contributed by atoms with Gasteiger partial charge in [0.1, 0.15) is 0 Å². The van der Waals surface area contributed by atoms with Crippen molar-refractivity contribution >= 4 is 28.3 Å². The molecule has 0 unspecified atom stereocenters. The lowest BCUT2D eigenvalue weighted by atomic mass is 9.92. The van der Waals surface area contributed by atoms with E-state index in [-0.39, 0.29) is 5.91 Å². The maximum atomic E-state index is 11.7. The molecule has 1 rings (SSSR count). The van der Waals surface area contributed by atoms with Crippen molar-refractivity contribution in [1.29, 1.82) is 0 Å². The molecule has 1 amide bonds. The van der Waals surface area contributed by atoms with Gasteiger partial charge in [0.25, 0.3) is 0 Å². The molecule has 0 atom stereocenters. The zero-order valence-corrected chi connectivity index (χ0v) is 13.3. The highest BCUT2D eigenvalue weighted by molar-refractivity contribution is 7.15. The number of hydrogen-bond acceptors (Lipinski definition) is 6. The van der Waals surface area contributed by atoms with E-state index >= 15 is 0 Å². The molecule has 0 saturated heterocycles. The van der Waals surface area contributed by atoms with Crippen LogP contribution in [0.3, 0.4) is 0 Å². The monoisotopic (exact) mass is 299 g/mol. The number of anilines is 1. The van der Waals surface area contributed by atoms with Crippen molar-refractivity contribution in [2.45, 2.75) is 27.7 Å². The summed E-state index contributed by atoms with van der Waals surface area (Å²) in [6.45, 7) is 8.00. The van der Waals surface area contributed by atoms with E-state index in [0.717, 1.165) is 4.88 Å². The Labute approximate surface area is 122 Å². The zero-order valence-electron chi connectivity index (χ0n) is 12.5. The predicted molar refractivity (Wildman–Crippen MR) is 79.1 cm³/mol. The standard InChI is InChI=1S/C13H21N3O3S/c1-6-19-10(17)9-8(2)20-12(16-9)15-7-13(3,4)11(18)14-5/h6-7H2,1-5H3,(H,14,18)(H,15,16). The quantitative estimate of drug-likeness (QED) is 0.783. The van der Waals surface area contributed by atoms with Gasteiger partial charge in [-0.2, -0.15) is 0 Å². The molecule has 1 aromatic heterocycles. The van der Waals surface area contributed by atoms with Gasteiger partial charge in [-0.3, -0.25) is 4.79 Å². The predicted octanol–water partition coefficient (Wildman–Crippen LogP) is 1.81. The van der Waals surface area contributed by atoms with Crippen molar-refractivity contribution in [3.8, 4) is 0 Å². The summed E-state index contributed by atoms with van der Waals surface area (Å²) < 4.78 is 4.94. The number of aryl methyl sites for hydroxylation is 1. The molecule has 0 saturated carbocycles. The number of nitrogens with zero attached hydrogens (tertiary/aromatic N) is 1. The average Bonchev–Trinajstić information content (AvgIpc) is 2.77. The van der Waals surface area contributed by atoms with Gasteiger partial charge in [-0.15, -0.1) is 11.3 Å². The molecule has 0 radical (unpaired) electrons. The largest absolute Gasteiger partial charge is 0.461 e. The van der Waals surface area contributed by atoms with Crippen LogP contribution in [0.2, 0.25) is 0 Å². The van der Waals surface area contributed by atoms with E-state index in [9.17, 15) is 9.59 Å². The number of rotatable bonds is 6. The minimum absolute atomic E-state index is 0.0519. The SMILES string of the molecule is CCOC(=O)c1nc(NCC(C)(C)C(=O)NC)sc1C. The highest BCUT2D eigenvalue weighted by Gasteiger charge is 2.27. The third-order valence-electron chi connectivity index (χ3n) is 2.79. The molecular formula is C13H21N3O3S. The molecule has 0 fully saturated rings. The van der Waals surface area contributed by atoms with E-state index in [1.807, 2.05) is 20.8 Å². The number of hydrogen-bond donors (Lipinski definition) is 2. The summed E-state index contributed by atoms with van der Waals surface area (Å²) in [6, 6.07) is 0. The van der Waals surface area contributed by atoms with Crippen LogP contribution in [-0.4, -0.2) is 37.1 Å². The molecule has 20 heavy (non-hydrogen) atoms. The molecule has 0 bridgehead atoms. The van der Waals surface area contributed by atoms with Crippen LogP contribution in [0.1, 0.15) is 36.1 Å². The van der Waals surface area contributed by atoms with Crippen LogP contribution < -0.4 is 10.6 Å². The van der Waals surface area contributed by atoms with Crippen LogP contribution in [-0.2, 0) is 9.53 Å². The highest BCUT2D eigenvalue weighted by Crippen LogP contribution is 2.24. The maximum Gasteiger partial charge on any atom is 0.358 e. The van der Waals surface area contributed by atoms with Crippen LogP contribution in [0.15, 0.2) is 0 Å². The van der Waals surface area contributed by atoms with Crippen molar-refractivity contribution in [2.24, 2.45) is 5.41 Å². The fraction of sp³-hybridized carbons (Fsp3) is 0.615. The Hall–Kier alpha value is -1.63.